The molecule has 1 aromatic heterocycles. The molecule has 5 nitrogen and oxygen atoms in total. The lowest BCUT2D eigenvalue weighted by molar-refractivity contribution is -0.139. The zero-order valence-corrected chi connectivity index (χ0v) is 19.7. The molecule has 32 heavy (non-hydrogen) atoms. The summed E-state index contributed by atoms with van der Waals surface area (Å²) in [7, 11) is 1.98. The van der Waals surface area contributed by atoms with Crippen molar-refractivity contribution in [3.05, 3.63) is 42.2 Å². The van der Waals surface area contributed by atoms with Gasteiger partial charge in [0, 0.05) is 43.9 Å². The third-order valence-electron chi connectivity index (χ3n) is 9.97. The first-order chi connectivity index (χ1) is 15.3. The van der Waals surface area contributed by atoms with Gasteiger partial charge in [-0.3, -0.25) is 14.6 Å². The Labute approximate surface area is 192 Å². The number of likely N-dealkylation sites (N-methyl/N-ethyl adjacent to an activating group) is 1. The molecule has 7 atom stereocenters. The lowest BCUT2D eigenvalue weighted by Crippen LogP contribution is -2.59. The largest absolute Gasteiger partial charge is 0.352 e. The SMILES string of the molecule is CN1C(=O)C=C[C@]2(C)[C@H]3CC[C@]4(C)[C@@H](CC(=O)NCc5cccnc5)CC[C@H]4[C@@H]3CC[C@@H]12. The van der Waals surface area contributed by atoms with Crippen molar-refractivity contribution in [1.82, 2.24) is 15.2 Å². The maximum Gasteiger partial charge on any atom is 0.246 e. The Hall–Kier alpha value is -2.17. The van der Waals surface area contributed by atoms with Crippen molar-refractivity contribution < 1.29 is 9.59 Å². The lowest BCUT2D eigenvalue weighted by atomic mass is 9.47. The normalized spacial score (nSPS) is 40.4. The molecule has 0 saturated heterocycles. The maximum absolute atomic E-state index is 12.8. The summed E-state index contributed by atoms with van der Waals surface area (Å²) in [6, 6.07) is 4.25. The average Bonchev–Trinajstić information content (AvgIpc) is 3.12. The van der Waals surface area contributed by atoms with Crippen molar-refractivity contribution in [3.8, 4) is 0 Å². The molecule has 1 N–H and O–H groups in total. The van der Waals surface area contributed by atoms with Crippen LogP contribution in [0.3, 0.4) is 0 Å². The molecule has 5 rings (SSSR count). The number of pyridine rings is 1. The second kappa shape index (κ2) is 8.00. The second-order valence-electron chi connectivity index (χ2n) is 11.3. The van der Waals surface area contributed by atoms with E-state index in [0.717, 1.165) is 12.0 Å². The first-order valence-corrected chi connectivity index (χ1v) is 12.4. The standard InChI is InChI=1S/C27H37N3O2/c1-26-12-10-22-20(7-9-23-27(22,2)13-11-25(32)30(23)3)21(26)8-6-19(26)15-24(31)29-17-18-5-4-14-28-16-18/h4-5,11,13-14,16,19-23H,6-10,12,15,17H2,1-3H3,(H,29,31)/t19-,20+,21+,22+,23-,26-,27-/m1/s1. The molecule has 2 heterocycles. The molecule has 0 spiro atoms. The van der Waals surface area contributed by atoms with Crippen LogP contribution >= 0.6 is 0 Å². The van der Waals surface area contributed by atoms with Gasteiger partial charge in [0.2, 0.25) is 11.8 Å². The Balaban J connectivity index is 1.27. The molecule has 4 aliphatic rings. The molecule has 0 unspecified atom stereocenters. The first-order valence-electron chi connectivity index (χ1n) is 12.4. The number of fused-ring (bicyclic) bond motifs is 5. The van der Waals surface area contributed by atoms with Gasteiger partial charge < -0.3 is 10.2 Å². The molecule has 5 heteroatoms. The number of amides is 2. The van der Waals surface area contributed by atoms with Crippen LogP contribution in [0.15, 0.2) is 36.7 Å². The van der Waals surface area contributed by atoms with Gasteiger partial charge in [-0.15, -0.1) is 0 Å². The van der Waals surface area contributed by atoms with Gasteiger partial charge in [0.05, 0.1) is 0 Å². The summed E-state index contributed by atoms with van der Waals surface area (Å²) in [5, 5.41) is 3.12. The zero-order valence-electron chi connectivity index (χ0n) is 19.7. The summed E-state index contributed by atoms with van der Waals surface area (Å²) >= 11 is 0. The van der Waals surface area contributed by atoms with Crippen LogP contribution in [-0.4, -0.2) is 34.8 Å². The molecule has 1 aliphatic heterocycles. The minimum Gasteiger partial charge on any atom is -0.352 e. The van der Waals surface area contributed by atoms with Gasteiger partial charge in [0.1, 0.15) is 0 Å². The van der Waals surface area contributed by atoms with E-state index in [1.54, 1.807) is 6.20 Å². The molecule has 3 saturated carbocycles. The molecule has 2 amide bonds. The Bertz CT molecular complexity index is 915. The number of aromatic nitrogens is 1. The molecule has 0 aromatic carbocycles. The minimum atomic E-state index is 0.0894. The summed E-state index contributed by atoms with van der Waals surface area (Å²) in [4.78, 5) is 31.2. The topological polar surface area (TPSA) is 62.3 Å². The Morgan fingerprint density at radius 2 is 2.03 bits per heavy atom. The van der Waals surface area contributed by atoms with Crippen LogP contribution < -0.4 is 5.32 Å². The predicted octanol–water partition coefficient (Wildman–Crippen LogP) is 4.34. The van der Waals surface area contributed by atoms with Crippen molar-refractivity contribution in [1.29, 1.82) is 0 Å². The van der Waals surface area contributed by atoms with E-state index in [2.05, 4.69) is 30.2 Å². The third-order valence-corrected chi connectivity index (χ3v) is 9.97. The summed E-state index contributed by atoms with van der Waals surface area (Å²) < 4.78 is 0. The van der Waals surface area contributed by atoms with Crippen LogP contribution in [0.5, 0.6) is 0 Å². The van der Waals surface area contributed by atoms with Crippen molar-refractivity contribution >= 4 is 11.8 Å². The van der Waals surface area contributed by atoms with E-state index in [0.29, 0.717) is 42.7 Å². The van der Waals surface area contributed by atoms with Crippen molar-refractivity contribution in [3.63, 3.8) is 0 Å². The number of carbonyl (C=O) groups excluding carboxylic acids is 2. The fourth-order valence-corrected chi connectivity index (χ4v) is 8.18. The lowest BCUT2D eigenvalue weighted by Gasteiger charge is -2.60. The van der Waals surface area contributed by atoms with Crippen molar-refractivity contribution in [2.24, 2.45) is 34.5 Å². The fourth-order valence-electron chi connectivity index (χ4n) is 8.18. The highest BCUT2D eigenvalue weighted by Gasteiger charge is 2.60. The Morgan fingerprint density at radius 1 is 1.19 bits per heavy atom. The number of carbonyl (C=O) groups is 2. The minimum absolute atomic E-state index is 0.0894. The van der Waals surface area contributed by atoms with Crippen molar-refractivity contribution in [2.45, 2.75) is 71.4 Å². The summed E-state index contributed by atoms with van der Waals surface area (Å²) in [6.45, 7) is 5.43. The highest BCUT2D eigenvalue weighted by Crippen LogP contribution is 2.65. The van der Waals surface area contributed by atoms with Gasteiger partial charge in [-0.2, -0.15) is 0 Å². The molecule has 1 aromatic rings. The Kier molecular flexibility index (Phi) is 5.42. The van der Waals surface area contributed by atoms with Crippen LogP contribution in [0.25, 0.3) is 0 Å². The van der Waals surface area contributed by atoms with Gasteiger partial charge >= 0.3 is 0 Å². The average molecular weight is 436 g/mol. The van der Waals surface area contributed by atoms with Gasteiger partial charge in [0.25, 0.3) is 0 Å². The number of nitrogens with zero attached hydrogens (tertiary/aromatic N) is 2. The van der Waals surface area contributed by atoms with Crippen LogP contribution in [0.1, 0.15) is 64.4 Å². The van der Waals surface area contributed by atoms with E-state index in [4.69, 9.17) is 0 Å². The highest BCUT2D eigenvalue weighted by molar-refractivity contribution is 5.89. The summed E-state index contributed by atoms with van der Waals surface area (Å²) in [5.74, 6) is 2.86. The van der Waals surface area contributed by atoms with Gasteiger partial charge in [-0.1, -0.05) is 26.0 Å². The van der Waals surface area contributed by atoms with E-state index in [-0.39, 0.29) is 22.6 Å². The molecular weight excluding hydrogens is 398 g/mol. The van der Waals surface area contributed by atoms with E-state index >= 15 is 0 Å². The fraction of sp³-hybridized carbons (Fsp3) is 0.667. The summed E-state index contributed by atoms with van der Waals surface area (Å²) in [5.41, 5.74) is 1.40. The number of rotatable bonds is 4. The quantitative estimate of drug-likeness (QED) is 0.765. The van der Waals surface area contributed by atoms with E-state index in [1.165, 1.54) is 32.1 Å². The molecule has 0 bridgehead atoms. The molecule has 0 radical (unpaired) electrons. The van der Waals surface area contributed by atoms with Gasteiger partial charge in [0.15, 0.2) is 0 Å². The Morgan fingerprint density at radius 3 is 2.81 bits per heavy atom. The maximum atomic E-state index is 12.8. The van der Waals surface area contributed by atoms with Crippen LogP contribution in [0, 0.1) is 34.5 Å². The van der Waals surface area contributed by atoms with Crippen molar-refractivity contribution in [2.75, 3.05) is 7.05 Å². The molecule has 3 fully saturated rings. The van der Waals surface area contributed by atoms with Crippen LogP contribution in [0.2, 0.25) is 0 Å². The second-order valence-corrected chi connectivity index (χ2v) is 11.3. The third kappa shape index (κ3) is 3.39. The zero-order chi connectivity index (χ0) is 22.5. The van der Waals surface area contributed by atoms with E-state index < -0.39 is 0 Å². The first kappa shape index (κ1) is 21.7. The van der Waals surface area contributed by atoms with E-state index in [1.807, 2.05) is 36.4 Å². The van der Waals surface area contributed by atoms with E-state index in [9.17, 15) is 9.59 Å². The predicted molar refractivity (Wildman–Crippen MR) is 124 cm³/mol. The smallest absolute Gasteiger partial charge is 0.246 e. The van der Waals surface area contributed by atoms with Gasteiger partial charge in [-0.05, 0) is 85.3 Å². The number of nitrogens with one attached hydrogen (secondary N) is 1. The summed E-state index contributed by atoms with van der Waals surface area (Å²) in [6.07, 6.45) is 15.4. The number of hydrogen-bond donors (Lipinski definition) is 1. The van der Waals surface area contributed by atoms with Crippen LogP contribution in [0.4, 0.5) is 0 Å². The molecular formula is C27H37N3O2. The molecule has 172 valence electrons. The van der Waals surface area contributed by atoms with Gasteiger partial charge in [-0.25, -0.2) is 0 Å². The monoisotopic (exact) mass is 435 g/mol. The molecule has 3 aliphatic carbocycles. The number of hydrogen-bond acceptors (Lipinski definition) is 3. The van der Waals surface area contributed by atoms with Crippen LogP contribution in [-0.2, 0) is 16.1 Å². The highest BCUT2D eigenvalue weighted by atomic mass is 16.2.